The van der Waals surface area contributed by atoms with Crippen LogP contribution in [0.3, 0.4) is 0 Å². The molecule has 5 aromatic rings. The van der Waals surface area contributed by atoms with E-state index >= 15 is 0 Å². The van der Waals surface area contributed by atoms with Crippen molar-refractivity contribution in [3.05, 3.63) is 82.3 Å². The van der Waals surface area contributed by atoms with Crippen molar-refractivity contribution in [1.29, 1.82) is 0 Å². The standard InChI is InChI=1S/C25H17BrN2O3/c1-14-8-17(24(30)20(26)9-14)13-27-18-6-7-23-21(12-18)28-25(31-23)19-10-15-4-2-3-5-16(15)11-22(19)29/h2-13,29-30H,1H3. The highest BCUT2D eigenvalue weighted by Gasteiger charge is 2.14. The third kappa shape index (κ3) is 3.66. The molecule has 0 aliphatic rings. The summed E-state index contributed by atoms with van der Waals surface area (Å²) in [5, 5.41) is 22.6. The van der Waals surface area contributed by atoms with E-state index in [1.165, 1.54) is 0 Å². The summed E-state index contributed by atoms with van der Waals surface area (Å²) in [4.78, 5) is 9.03. The number of fused-ring (bicyclic) bond motifs is 2. The van der Waals surface area contributed by atoms with Crippen LogP contribution in [0.25, 0.3) is 33.3 Å². The molecule has 0 radical (unpaired) electrons. The highest BCUT2D eigenvalue weighted by Crippen LogP contribution is 2.35. The van der Waals surface area contributed by atoms with Crippen molar-refractivity contribution in [2.45, 2.75) is 6.92 Å². The van der Waals surface area contributed by atoms with E-state index in [9.17, 15) is 10.2 Å². The molecule has 152 valence electrons. The van der Waals surface area contributed by atoms with Crippen LogP contribution >= 0.6 is 15.9 Å². The van der Waals surface area contributed by atoms with E-state index in [2.05, 4.69) is 25.9 Å². The van der Waals surface area contributed by atoms with Gasteiger partial charge in [-0.15, -0.1) is 0 Å². The number of hydrogen-bond acceptors (Lipinski definition) is 5. The van der Waals surface area contributed by atoms with Crippen LogP contribution in [-0.4, -0.2) is 21.4 Å². The zero-order valence-electron chi connectivity index (χ0n) is 16.5. The molecular formula is C25H17BrN2O3. The van der Waals surface area contributed by atoms with Crippen molar-refractivity contribution in [2.24, 2.45) is 4.99 Å². The number of aromatic hydroxyl groups is 2. The van der Waals surface area contributed by atoms with Crippen molar-refractivity contribution >= 4 is 49.7 Å². The summed E-state index contributed by atoms with van der Waals surface area (Å²) < 4.78 is 6.51. The molecule has 0 saturated heterocycles. The fraction of sp³-hybridized carbons (Fsp3) is 0.0400. The van der Waals surface area contributed by atoms with Gasteiger partial charge in [0, 0.05) is 11.8 Å². The van der Waals surface area contributed by atoms with Crippen LogP contribution in [0.15, 0.2) is 80.6 Å². The molecule has 0 fully saturated rings. The van der Waals surface area contributed by atoms with E-state index < -0.39 is 0 Å². The van der Waals surface area contributed by atoms with Gasteiger partial charge in [-0.2, -0.15) is 0 Å². The number of benzene rings is 4. The minimum atomic E-state index is 0.115. The van der Waals surface area contributed by atoms with Crippen LogP contribution in [0.4, 0.5) is 5.69 Å². The van der Waals surface area contributed by atoms with Gasteiger partial charge in [0.15, 0.2) is 5.58 Å². The van der Waals surface area contributed by atoms with E-state index in [1.54, 1.807) is 24.4 Å². The van der Waals surface area contributed by atoms with Crippen LogP contribution in [0.5, 0.6) is 11.5 Å². The molecule has 2 N–H and O–H groups in total. The number of hydrogen-bond donors (Lipinski definition) is 2. The third-order valence-corrected chi connectivity index (χ3v) is 5.66. The Morgan fingerprint density at radius 1 is 0.968 bits per heavy atom. The first kappa shape index (κ1) is 19.3. The smallest absolute Gasteiger partial charge is 0.231 e. The Kier molecular flexibility index (Phi) is 4.71. The maximum atomic E-state index is 10.5. The first-order chi connectivity index (χ1) is 15.0. The van der Waals surface area contributed by atoms with Crippen molar-refractivity contribution in [3.63, 3.8) is 0 Å². The number of aliphatic imine (C=N–C) groups is 1. The van der Waals surface area contributed by atoms with Gasteiger partial charge in [-0.25, -0.2) is 4.98 Å². The number of phenols is 2. The van der Waals surface area contributed by atoms with E-state index in [-0.39, 0.29) is 11.5 Å². The normalized spacial score (nSPS) is 11.7. The number of halogens is 1. The second-order valence-corrected chi connectivity index (χ2v) is 8.18. The zero-order valence-corrected chi connectivity index (χ0v) is 18.1. The SMILES string of the molecule is Cc1cc(Br)c(O)c(C=Nc2ccc3oc(-c4cc5ccccc5cc4O)nc3c2)c1. The average molecular weight is 473 g/mol. The van der Waals surface area contributed by atoms with E-state index in [4.69, 9.17) is 4.42 Å². The maximum absolute atomic E-state index is 10.5. The quantitative estimate of drug-likeness (QED) is 0.280. The summed E-state index contributed by atoms with van der Waals surface area (Å²) in [6.07, 6.45) is 1.62. The highest BCUT2D eigenvalue weighted by molar-refractivity contribution is 9.10. The van der Waals surface area contributed by atoms with Gasteiger partial charge in [-0.3, -0.25) is 4.99 Å². The number of nitrogens with zero attached hydrogens (tertiary/aromatic N) is 2. The Labute approximate surface area is 186 Å². The van der Waals surface area contributed by atoms with Crippen molar-refractivity contribution < 1.29 is 14.6 Å². The molecule has 4 aromatic carbocycles. The van der Waals surface area contributed by atoms with Gasteiger partial charge in [0.2, 0.25) is 5.89 Å². The molecule has 0 bridgehead atoms. The van der Waals surface area contributed by atoms with Crippen LogP contribution in [0, 0.1) is 6.92 Å². The van der Waals surface area contributed by atoms with Crippen LogP contribution in [-0.2, 0) is 0 Å². The minimum Gasteiger partial charge on any atom is -0.507 e. The van der Waals surface area contributed by atoms with Crippen molar-refractivity contribution in [1.82, 2.24) is 4.98 Å². The summed E-state index contributed by atoms with van der Waals surface area (Å²) in [5.41, 5.74) is 4.07. The first-order valence-electron chi connectivity index (χ1n) is 9.64. The van der Waals surface area contributed by atoms with Gasteiger partial charge < -0.3 is 14.6 Å². The summed E-state index contributed by atoms with van der Waals surface area (Å²) in [5.74, 6) is 0.606. The molecule has 0 atom stereocenters. The fourth-order valence-corrected chi connectivity index (χ4v) is 4.10. The summed E-state index contributed by atoms with van der Waals surface area (Å²) in [6.45, 7) is 1.95. The maximum Gasteiger partial charge on any atom is 0.231 e. The van der Waals surface area contributed by atoms with Crippen LogP contribution < -0.4 is 0 Å². The molecule has 31 heavy (non-hydrogen) atoms. The molecule has 0 aliphatic heterocycles. The lowest BCUT2D eigenvalue weighted by Crippen LogP contribution is -1.86. The number of phenolic OH excluding ortho intramolecular Hbond substituents is 2. The van der Waals surface area contributed by atoms with E-state index in [1.807, 2.05) is 55.5 Å². The molecule has 1 heterocycles. The molecule has 0 unspecified atom stereocenters. The number of oxazole rings is 1. The predicted molar refractivity (Wildman–Crippen MR) is 126 cm³/mol. The first-order valence-corrected chi connectivity index (χ1v) is 10.4. The molecule has 1 aromatic heterocycles. The highest BCUT2D eigenvalue weighted by atomic mass is 79.9. The number of rotatable bonds is 3. The number of aromatic nitrogens is 1. The van der Waals surface area contributed by atoms with Gasteiger partial charge in [0.25, 0.3) is 0 Å². The summed E-state index contributed by atoms with van der Waals surface area (Å²) in [7, 11) is 0. The second-order valence-electron chi connectivity index (χ2n) is 7.33. The van der Waals surface area contributed by atoms with Crippen LogP contribution in [0.2, 0.25) is 0 Å². The molecule has 5 rings (SSSR count). The van der Waals surface area contributed by atoms with Crippen LogP contribution in [0.1, 0.15) is 11.1 Å². The molecule has 0 aliphatic carbocycles. The third-order valence-electron chi connectivity index (χ3n) is 5.06. The molecule has 0 saturated carbocycles. The topological polar surface area (TPSA) is 78.9 Å². The molecule has 5 nitrogen and oxygen atoms in total. The largest absolute Gasteiger partial charge is 0.507 e. The Morgan fingerprint density at radius 2 is 1.74 bits per heavy atom. The Morgan fingerprint density at radius 3 is 2.55 bits per heavy atom. The Hall–Kier alpha value is -3.64. The fourth-order valence-electron chi connectivity index (χ4n) is 3.51. The van der Waals surface area contributed by atoms with E-state index in [0.29, 0.717) is 38.3 Å². The lowest BCUT2D eigenvalue weighted by Gasteiger charge is -2.03. The summed E-state index contributed by atoms with van der Waals surface area (Å²) >= 11 is 3.35. The zero-order chi connectivity index (χ0) is 21.5. The van der Waals surface area contributed by atoms with E-state index in [0.717, 1.165) is 16.3 Å². The summed E-state index contributed by atoms with van der Waals surface area (Å²) in [6, 6.07) is 20.5. The average Bonchev–Trinajstić information content (AvgIpc) is 3.17. The molecule has 0 amide bonds. The second kappa shape index (κ2) is 7.56. The lowest BCUT2D eigenvalue weighted by molar-refractivity contribution is 0.471. The molecule has 6 heteroatoms. The molecular weight excluding hydrogens is 456 g/mol. The monoisotopic (exact) mass is 472 g/mol. The predicted octanol–water partition coefficient (Wildman–Crippen LogP) is 6.88. The van der Waals surface area contributed by atoms with Gasteiger partial charge in [0.05, 0.1) is 15.7 Å². The number of aryl methyl sites for hydroxylation is 1. The van der Waals surface area contributed by atoms with Gasteiger partial charge in [-0.1, -0.05) is 24.3 Å². The van der Waals surface area contributed by atoms with Crippen molar-refractivity contribution in [3.8, 4) is 23.0 Å². The van der Waals surface area contributed by atoms with Gasteiger partial charge >= 0.3 is 0 Å². The van der Waals surface area contributed by atoms with Crippen molar-refractivity contribution in [2.75, 3.05) is 0 Å². The Balaban J connectivity index is 1.52. The van der Waals surface area contributed by atoms with Gasteiger partial charge in [0.1, 0.15) is 17.0 Å². The lowest BCUT2D eigenvalue weighted by atomic mass is 10.1. The minimum absolute atomic E-state index is 0.115. The Bertz CT molecular complexity index is 1490. The molecule has 0 spiro atoms. The van der Waals surface area contributed by atoms with Gasteiger partial charge in [-0.05, 0) is 81.7 Å².